The van der Waals surface area contributed by atoms with Crippen molar-refractivity contribution in [2.75, 3.05) is 36.6 Å². The Labute approximate surface area is 182 Å². The van der Waals surface area contributed by atoms with Crippen LogP contribution in [0.25, 0.3) is 0 Å². The van der Waals surface area contributed by atoms with Gasteiger partial charge < -0.3 is 19.8 Å². The topological polar surface area (TPSA) is 128 Å². The maximum absolute atomic E-state index is 12.3. The molecule has 1 aromatic carbocycles. The second kappa shape index (κ2) is 10.8. The van der Waals surface area contributed by atoms with Crippen LogP contribution in [0.15, 0.2) is 44.3 Å². The van der Waals surface area contributed by atoms with E-state index in [9.17, 15) is 4.79 Å². The number of ether oxygens (including phenoxy) is 1. The second-order valence-electron chi connectivity index (χ2n) is 5.70. The fraction of sp³-hybridized carbons (Fsp3) is 0.333. The summed E-state index contributed by atoms with van der Waals surface area (Å²) >= 11 is 2.30. The summed E-state index contributed by atoms with van der Waals surface area (Å²) in [4.78, 5) is 25.2. The van der Waals surface area contributed by atoms with Gasteiger partial charge in [-0.15, -0.1) is 5.10 Å². The van der Waals surface area contributed by atoms with Gasteiger partial charge in [0.15, 0.2) is 5.78 Å². The molecule has 2 aromatic heterocycles. The molecule has 3 aromatic rings. The highest BCUT2D eigenvalue weighted by molar-refractivity contribution is 8.00. The minimum Gasteiger partial charge on any atom is -0.497 e. The number of ketones is 1. The van der Waals surface area contributed by atoms with Crippen LogP contribution in [-0.2, 0) is 0 Å². The van der Waals surface area contributed by atoms with E-state index in [1.165, 1.54) is 11.8 Å². The van der Waals surface area contributed by atoms with E-state index in [0.29, 0.717) is 46.7 Å². The maximum Gasteiger partial charge on any atom is 0.285 e. The van der Waals surface area contributed by atoms with Crippen LogP contribution in [0.1, 0.15) is 24.2 Å². The van der Waals surface area contributed by atoms with Crippen LogP contribution in [-0.4, -0.2) is 56.9 Å². The zero-order chi connectivity index (χ0) is 21.3. The van der Waals surface area contributed by atoms with Gasteiger partial charge in [-0.1, -0.05) is 16.9 Å². The third kappa shape index (κ3) is 6.07. The summed E-state index contributed by atoms with van der Waals surface area (Å²) in [6.45, 7) is 5.28. The SMILES string of the molecule is CCNc1nc(NCC)nc(Sc2nnc(SCC(=O)c3ccc(OC)cc3)o2)n1. The van der Waals surface area contributed by atoms with Crippen molar-refractivity contribution in [2.45, 2.75) is 29.4 Å². The van der Waals surface area contributed by atoms with E-state index < -0.39 is 0 Å². The molecule has 158 valence electrons. The van der Waals surface area contributed by atoms with Gasteiger partial charge in [-0.3, -0.25) is 4.79 Å². The molecule has 0 saturated heterocycles. The lowest BCUT2D eigenvalue weighted by Crippen LogP contribution is -2.09. The van der Waals surface area contributed by atoms with Crippen LogP contribution in [0.4, 0.5) is 11.9 Å². The molecule has 2 heterocycles. The number of aromatic nitrogens is 5. The summed E-state index contributed by atoms with van der Waals surface area (Å²) < 4.78 is 10.7. The van der Waals surface area contributed by atoms with E-state index in [2.05, 4.69) is 35.8 Å². The first-order chi connectivity index (χ1) is 14.6. The third-order valence-electron chi connectivity index (χ3n) is 3.59. The number of thioether (sulfide) groups is 1. The molecule has 0 amide bonds. The highest BCUT2D eigenvalue weighted by atomic mass is 32.2. The number of hydrogen-bond donors (Lipinski definition) is 2. The molecule has 3 rings (SSSR count). The molecule has 10 nitrogen and oxygen atoms in total. The minimum atomic E-state index is -0.0434. The summed E-state index contributed by atoms with van der Waals surface area (Å²) in [5.74, 6) is 1.76. The van der Waals surface area contributed by atoms with Gasteiger partial charge in [0.05, 0.1) is 12.9 Å². The molecular formula is C18H21N7O3S2. The fourth-order valence-corrected chi connectivity index (χ4v) is 3.57. The van der Waals surface area contributed by atoms with E-state index in [1.807, 2.05) is 13.8 Å². The summed E-state index contributed by atoms with van der Waals surface area (Å²) in [6.07, 6.45) is 0. The first-order valence-electron chi connectivity index (χ1n) is 9.16. The Hall–Kier alpha value is -2.86. The van der Waals surface area contributed by atoms with Crippen molar-refractivity contribution in [3.05, 3.63) is 29.8 Å². The highest BCUT2D eigenvalue weighted by Gasteiger charge is 2.15. The first-order valence-corrected chi connectivity index (χ1v) is 11.0. The normalized spacial score (nSPS) is 10.6. The molecule has 0 atom stereocenters. The van der Waals surface area contributed by atoms with Crippen molar-refractivity contribution in [1.29, 1.82) is 0 Å². The van der Waals surface area contributed by atoms with Crippen molar-refractivity contribution in [2.24, 2.45) is 0 Å². The van der Waals surface area contributed by atoms with Crippen molar-refractivity contribution in [3.8, 4) is 5.75 Å². The highest BCUT2D eigenvalue weighted by Crippen LogP contribution is 2.28. The van der Waals surface area contributed by atoms with Crippen LogP contribution < -0.4 is 15.4 Å². The molecule has 0 unspecified atom stereocenters. The van der Waals surface area contributed by atoms with Crippen molar-refractivity contribution in [1.82, 2.24) is 25.1 Å². The molecule has 0 spiro atoms. The number of nitrogens with zero attached hydrogens (tertiary/aromatic N) is 5. The van der Waals surface area contributed by atoms with Crippen LogP contribution >= 0.6 is 23.5 Å². The predicted octanol–water partition coefficient (Wildman–Crippen LogP) is 3.25. The average Bonchev–Trinajstić information content (AvgIpc) is 3.19. The predicted molar refractivity (Wildman–Crippen MR) is 115 cm³/mol. The van der Waals surface area contributed by atoms with E-state index in [1.54, 1.807) is 31.4 Å². The molecule has 0 aliphatic rings. The Morgan fingerprint density at radius 3 is 2.23 bits per heavy atom. The smallest absolute Gasteiger partial charge is 0.285 e. The van der Waals surface area contributed by atoms with Crippen molar-refractivity contribution >= 4 is 41.2 Å². The number of nitrogens with one attached hydrogen (secondary N) is 2. The molecular weight excluding hydrogens is 426 g/mol. The largest absolute Gasteiger partial charge is 0.497 e. The lowest BCUT2D eigenvalue weighted by Gasteiger charge is -2.06. The summed E-state index contributed by atoms with van der Waals surface area (Å²) in [5.41, 5.74) is 0.592. The monoisotopic (exact) mass is 447 g/mol. The second-order valence-corrected chi connectivity index (χ2v) is 7.55. The van der Waals surface area contributed by atoms with Crippen molar-refractivity contribution in [3.63, 3.8) is 0 Å². The van der Waals surface area contributed by atoms with Gasteiger partial charge in [0.2, 0.25) is 17.1 Å². The molecule has 0 radical (unpaired) electrons. The minimum absolute atomic E-state index is 0.0434. The number of anilines is 2. The van der Waals surface area contributed by atoms with Gasteiger partial charge in [0, 0.05) is 30.4 Å². The van der Waals surface area contributed by atoms with Crippen LogP contribution in [0.3, 0.4) is 0 Å². The van der Waals surface area contributed by atoms with Crippen LogP contribution in [0.5, 0.6) is 5.75 Å². The summed E-state index contributed by atoms with van der Waals surface area (Å²) in [5, 5.41) is 15.1. The molecule has 0 aliphatic heterocycles. The standard InChI is InChI=1S/C18H21N7O3S2/c1-4-19-14-21-15(20-5-2)23-16(22-14)30-18-25-24-17(28-18)29-10-13(26)11-6-8-12(27-3)9-7-11/h6-9H,4-5,10H2,1-3H3,(H2,19,20,21,22,23). The van der Waals surface area contributed by atoms with Gasteiger partial charge >= 0.3 is 0 Å². The maximum atomic E-state index is 12.3. The summed E-state index contributed by atoms with van der Waals surface area (Å²) in [7, 11) is 1.58. The van der Waals surface area contributed by atoms with Crippen LogP contribution in [0.2, 0.25) is 0 Å². The van der Waals surface area contributed by atoms with Gasteiger partial charge in [0.1, 0.15) is 5.75 Å². The number of Topliss-reactive ketones (excluding diaryl/α,β-unsaturated/α-hetero) is 1. The Morgan fingerprint density at radius 1 is 1.00 bits per heavy atom. The van der Waals surface area contributed by atoms with E-state index in [4.69, 9.17) is 9.15 Å². The zero-order valence-corrected chi connectivity index (χ0v) is 18.3. The Morgan fingerprint density at radius 2 is 1.63 bits per heavy atom. The lowest BCUT2D eigenvalue weighted by molar-refractivity contribution is 0.102. The quantitative estimate of drug-likeness (QED) is 0.331. The summed E-state index contributed by atoms with van der Waals surface area (Å²) in [6, 6.07) is 6.94. The van der Waals surface area contributed by atoms with Gasteiger partial charge in [-0.25, -0.2) is 0 Å². The molecule has 0 fully saturated rings. The Kier molecular flexibility index (Phi) is 7.85. The molecule has 2 N–H and O–H groups in total. The first kappa shape index (κ1) is 21.8. The van der Waals surface area contributed by atoms with E-state index in [-0.39, 0.29) is 16.8 Å². The van der Waals surface area contributed by atoms with Crippen LogP contribution in [0, 0.1) is 0 Å². The number of methoxy groups -OCH3 is 1. The van der Waals surface area contributed by atoms with Gasteiger partial charge in [0.25, 0.3) is 10.4 Å². The number of rotatable bonds is 11. The third-order valence-corrected chi connectivity index (χ3v) is 5.11. The van der Waals surface area contributed by atoms with Gasteiger partial charge in [-0.05, 0) is 38.1 Å². The average molecular weight is 448 g/mol. The number of carbonyl (C=O) groups excluding carboxylic acids is 1. The Balaban J connectivity index is 1.61. The fourth-order valence-electron chi connectivity index (χ4n) is 2.24. The Bertz CT molecular complexity index is 958. The lowest BCUT2D eigenvalue weighted by atomic mass is 10.1. The number of carbonyl (C=O) groups is 1. The zero-order valence-electron chi connectivity index (χ0n) is 16.7. The molecule has 0 aliphatic carbocycles. The van der Waals surface area contributed by atoms with E-state index >= 15 is 0 Å². The van der Waals surface area contributed by atoms with Gasteiger partial charge in [-0.2, -0.15) is 15.0 Å². The number of hydrogen-bond acceptors (Lipinski definition) is 12. The molecule has 12 heteroatoms. The number of benzene rings is 1. The molecule has 0 bridgehead atoms. The molecule has 0 saturated carbocycles. The van der Waals surface area contributed by atoms with E-state index in [0.717, 1.165) is 11.8 Å². The van der Waals surface area contributed by atoms with Crippen molar-refractivity contribution < 1.29 is 13.9 Å². The molecule has 30 heavy (non-hydrogen) atoms.